The Morgan fingerprint density at radius 2 is 2.00 bits per heavy atom. The van der Waals surface area contributed by atoms with Gasteiger partial charge in [-0.1, -0.05) is 6.58 Å². The lowest BCUT2D eigenvalue weighted by atomic mass is 10.3. The van der Waals surface area contributed by atoms with Gasteiger partial charge in [-0.05, 0) is 6.92 Å². The van der Waals surface area contributed by atoms with Crippen LogP contribution in [0.3, 0.4) is 0 Å². The van der Waals surface area contributed by atoms with E-state index in [-0.39, 0.29) is 0 Å². The number of aliphatic hydroxyl groups is 1. The lowest BCUT2D eigenvalue weighted by Crippen LogP contribution is -2.49. The number of hydrogen-bond donors (Lipinski definition) is 1. The number of carbonyl (C=O) groups excluding carboxylic acids is 1. The molecule has 0 radical (unpaired) electrons. The zero-order valence-electron chi connectivity index (χ0n) is 9.10. The third kappa shape index (κ3) is 3.87. The van der Waals surface area contributed by atoms with Crippen LogP contribution in [0.5, 0.6) is 0 Å². The number of likely N-dealkylation sites (N-methyl/N-ethyl adjacent to an activating group) is 1. The normalized spacial score (nSPS) is 15.4. The quantitative estimate of drug-likeness (QED) is 0.290. The Hall–Kier alpha value is -0.910. The molecule has 0 saturated heterocycles. The topological polar surface area (TPSA) is 53.0 Å². The monoisotopic (exact) mass is 202 g/mol. The molecule has 0 rings (SSSR count). The van der Waals surface area contributed by atoms with Crippen LogP contribution in [0.4, 0.5) is 0 Å². The number of hydrogen-bond acceptors (Lipinski definition) is 5. The molecule has 14 heavy (non-hydrogen) atoms. The van der Waals surface area contributed by atoms with E-state index in [1.165, 1.54) is 0 Å². The predicted octanol–water partition coefficient (Wildman–Crippen LogP) is -0.169. The summed E-state index contributed by atoms with van der Waals surface area (Å²) in [4.78, 5) is 11.0. The van der Waals surface area contributed by atoms with Gasteiger partial charge in [0.15, 0.2) is 6.23 Å². The first-order chi connectivity index (χ1) is 6.40. The van der Waals surface area contributed by atoms with Gasteiger partial charge in [0, 0.05) is 27.2 Å². The third-order valence-corrected chi connectivity index (χ3v) is 1.82. The first-order valence-corrected chi connectivity index (χ1v) is 4.31. The van der Waals surface area contributed by atoms with Crippen molar-refractivity contribution in [2.75, 3.05) is 21.1 Å². The molecule has 0 spiro atoms. The summed E-state index contributed by atoms with van der Waals surface area (Å²) < 4.78 is 4.96. The Labute approximate surface area is 84.5 Å². The Bertz CT molecular complexity index is 204. The number of carbonyl (C=O) groups is 1. The van der Waals surface area contributed by atoms with Gasteiger partial charge in [0.25, 0.3) is 0 Å². The van der Waals surface area contributed by atoms with Crippen LogP contribution in [0.2, 0.25) is 0 Å². The van der Waals surface area contributed by atoms with Crippen LogP contribution < -0.4 is 0 Å². The highest BCUT2D eigenvalue weighted by Gasteiger charge is 2.24. The van der Waals surface area contributed by atoms with E-state index in [0.717, 1.165) is 6.08 Å². The van der Waals surface area contributed by atoms with Crippen molar-refractivity contribution in [1.82, 2.24) is 10.0 Å². The number of ether oxygens (including phenoxy) is 1. The summed E-state index contributed by atoms with van der Waals surface area (Å²) in [5, 5.41) is 12.7. The number of hydrazine groups is 1. The molecule has 0 heterocycles. The van der Waals surface area contributed by atoms with Gasteiger partial charge in [0.2, 0.25) is 0 Å². The largest absolute Gasteiger partial charge is 0.439 e. The fraction of sp³-hybridized carbons (Fsp3) is 0.667. The van der Waals surface area contributed by atoms with E-state index >= 15 is 0 Å². The molecule has 0 aliphatic heterocycles. The van der Waals surface area contributed by atoms with Gasteiger partial charge in [-0.15, -0.1) is 0 Å². The summed E-state index contributed by atoms with van der Waals surface area (Å²) in [5.74, 6) is -0.551. The lowest BCUT2D eigenvalue weighted by Gasteiger charge is -2.33. The molecule has 0 amide bonds. The van der Waals surface area contributed by atoms with Crippen LogP contribution in [0, 0.1) is 0 Å². The van der Waals surface area contributed by atoms with Crippen LogP contribution in [-0.4, -0.2) is 54.6 Å². The number of nitrogens with zero attached hydrogens (tertiary/aromatic N) is 2. The molecule has 0 bridgehead atoms. The third-order valence-electron chi connectivity index (χ3n) is 1.82. The SMILES string of the molecule is C=CC(=O)OC(C(C)O)N(C)N(C)C. The van der Waals surface area contributed by atoms with Crippen LogP contribution >= 0.6 is 0 Å². The second-order valence-electron chi connectivity index (χ2n) is 3.19. The van der Waals surface area contributed by atoms with Crippen molar-refractivity contribution >= 4 is 5.97 Å². The fourth-order valence-electron chi connectivity index (χ4n) is 0.882. The molecule has 2 atom stereocenters. The highest BCUT2D eigenvalue weighted by molar-refractivity contribution is 5.81. The minimum atomic E-state index is -0.772. The van der Waals surface area contributed by atoms with Crippen LogP contribution in [-0.2, 0) is 9.53 Å². The smallest absolute Gasteiger partial charge is 0.331 e. The first kappa shape index (κ1) is 13.1. The van der Waals surface area contributed by atoms with E-state index in [0.29, 0.717) is 0 Å². The van der Waals surface area contributed by atoms with E-state index in [4.69, 9.17) is 4.74 Å². The molecule has 2 unspecified atom stereocenters. The summed E-state index contributed by atoms with van der Waals surface area (Å²) in [6.45, 7) is 4.85. The summed E-state index contributed by atoms with van der Waals surface area (Å²) in [5.41, 5.74) is 0. The van der Waals surface area contributed by atoms with Crippen LogP contribution in [0.25, 0.3) is 0 Å². The van der Waals surface area contributed by atoms with Crippen molar-refractivity contribution in [3.05, 3.63) is 12.7 Å². The molecule has 0 aromatic heterocycles. The maximum absolute atomic E-state index is 11.0. The summed E-state index contributed by atoms with van der Waals surface area (Å²) in [6, 6.07) is 0. The molecule has 82 valence electrons. The molecular weight excluding hydrogens is 184 g/mol. The van der Waals surface area contributed by atoms with Crippen molar-refractivity contribution in [2.24, 2.45) is 0 Å². The van der Waals surface area contributed by atoms with Gasteiger partial charge in [-0.25, -0.2) is 14.8 Å². The molecule has 0 fully saturated rings. The van der Waals surface area contributed by atoms with Gasteiger partial charge in [-0.3, -0.25) is 0 Å². The average Bonchev–Trinajstić information content (AvgIpc) is 2.11. The van der Waals surface area contributed by atoms with E-state index in [1.807, 2.05) is 0 Å². The molecule has 5 heteroatoms. The molecular formula is C9H18N2O3. The van der Waals surface area contributed by atoms with Crippen molar-refractivity contribution in [3.8, 4) is 0 Å². The predicted molar refractivity (Wildman–Crippen MR) is 53.2 cm³/mol. The number of esters is 1. The second-order valence-corrected chi connectivity index (χ2v) is 3.19. The number of rotatable bonds is 5. The minimum Gasteiger partial charge on any atom is -0.439 e. The zero-order chi connectivity index (χ0) is 11.3. The van der Waals surface area contributed by atoms with Gasteiger partial charge >= 0.3 is 5.97 Å². The Kier molecular flexibility index (Phi) is 5.37. The second kappa shape index (κ2) is 5.74. The van der Waals surface area contributed by atoms with Crippen LogP contribution in [0.15, 0.2) is 12.7 Å². The minimum absolute atomic E-state index is 0.551. The van der Waals surface area contributed by atoms with Gasteiger partial charge < -0.3 is 9.84 Å². The molecule has 0 aliphatic carbocycles. The summed E-state index contributed by atoms with van der Waals surface area (Å²) in [6.07, 6.45) is -0.402. The van der Waals surface area contributed by atoms with Crippen molar-refractivity contribution in [3.63, 3.8) is 0 Å². The molecule has 0 aromatic rings. The Morgan fingerprint density at radius 3 is 2.29 bits per heavy atom. The maximum Gasteiger partial charge on any atom is 0.331 e. The molecule has 0 aliphatic rings. The first-order valence-electron chi connectivity index (χ1n) is 4.31. The van der Waals surface area contributed by atoms with E-state index in [2.05, 4.69) is 6.58 Å². The maximum atomic E-state index is 11.0. The Balaban J connectivity index is 4.43. The van der Waals surface area contributed by atoms with Crippen molar-refractivity contribution in [1.29, 1.82) is 0 Å². The van der Waals surface area contributed by atoms with E-state index in [1.54, 1.807) is 38.1 Å². The Morgan fingerprint density at radius 1 is 1.50 bits per heavy atom. The van der Waals surface area contributed by atoms with E-state index in [9.17, 15) is 9.90 Å². The van der Waals surface area contributed by atoms with Crippen molar-refractivity contribution in [2.45, 2.75) is 19.3 Å². The fourth-order valence-corrected chi connectivity index (χ4v) is 0.882. The summed E-state index contributed by atoms with van der Waals surface area (Å²) >= 11 is 0. The summed E-state index contributed by atoms with van der Waals surface area (Å²) in [7, 11) is 5.29. The highest BCUT2D eigenvalue weighted by atomic mass is 16.6. The standard InChI is InChI=1S/C9H18N2O3/c1-6-8(13)14-9(7(2)12)11(5)10(3)4/h6-7,9,12H,1H2,2-5H3. The number of aliphatic hydroxyl groups excluding tert-OH is 1. The average molecular weight is 202 g/mol. The lowest BCUT2D eigenvalue weighted by molar-refractivity contribution is -0.186. The van der Waals surface area contributed by atoms with Gasteiger partial charge in [-0.2, -0.15) is 0 Å². The highest BCUT2D eigenvalue weighted by Crippen LogP contribution is 2.06. The molecule has 0 aromatic carbocycles. The molecule has 1 N–H and O–H groups in total. The van der Waals surface area contributed by atoms with Crippen molar-refractivity contribution < 1.29 is 14.6 Å². The van der Waals surface area contributed by atoms with Gasteiger partial charge in [0.1, 0.15) is 6.10 Å². The zero-order valence-corrected chi connectivity index (χ0v) is 9.10. The van der Waals surface area contributed by atoms with Crippen LogP contribution in [0.1, 0.15) is 6.92 Å². The molecule has 0 saturated carbocycles. The van der Waals surface area contributed by atoms with E-state index < -0.39 is 18.3 Å². The molecule has 5 nitrogen and oxygen atoms in total. The van der Waals surface area contributed by atoms with Gasteiger partial charge in [0.05, 0.1) is 0 Å².